The Hall–Kier alpha value is -3.23. The second kappa shape index (κ2) is 11.4. The van der Waals surface area contributed by atoms with E-state index in [4.69, 9.17) is 21.1 Å². The van der Waals surface area contributed by atoms with Crippen LogP contribution in [0.4, 0.5) is 4.39 Å². The quantitative estimate of drug-likeness (QED) is 0.291. The van der Waals surface area contributed by atoms with E-state index in [1.165, 1.54) is 22.8 Å². The van der Waals surface area contributed by atoms with Gasteiger partial charge in [0, 0.05) is 5.56 Å². The third kappa shape index (κ3) is 5.70. The largest absolute Gasteiger partial charge is 0.494 e. The van der Waals surface area contributed by atoms with E-state index in [-0.39, 0.29) is 26.8 Å². The van der Waals surface area contributed by atoms with Crippen LogP contribution in [0.1, 0.15) is 57.7 Å². The number of fused-ring (bicyclic) bond motifs is 1. The van der Waals surface area contributed by atoms with E-state index in [1.807, 2.05) is 24.3 Å². The van der Waals surface area contributed by atoms with Crippen molar-refractivity contribution in [2.45, 2.75) is 52.7 Å². The average molecular weight is 543 g/mol. The highest BCUT2D eigenvalue weighted by atomic mass is 35.5. The van der Waals surface area contributed by atoms with Gasteiger partial charge in [-0.05, 0) is 63.1 Å². The Morgan fingerprint density at radius 3 is 2.62 bits per heavy atom. The van der Waals surface area contributed by atoms with Crippen molar-refractivity contribution in [3.63, 3.8) is 0 Å². The lowest BCUT2D eigenvalue weighted by Gasteiger charge is -2.25. The Kier molecular flexibility index (Phi) is 8.29. The van der Waals surface area contributed by atoms with Crippen LogP contribution in [0.2, 0.25) is 5.02 Å². The fourth-order valence-electron chi connectivity index (χ4n) is 4.04. The number of benzene rings is 2. The van der Waals surface area contributed by atoms with Crippen molar-refractivity contribution in [2.75, 3.05) is 6.61 Å². The number of carbonyl (C=O) groups excluding carboxylic acids is 1. The van der Waals surface area contributed by atoms with E-state index in [0.29, 0.717) is 28.4 Å². The molecule has 1 atom stereocenters. The van der Waals surface area contributed by atoms with Gasteiger partial charge in [-0.15, -0.1) is 0 Å². The molecule has 0 saturated heterocycles. The van der Waals surface area contributed by atoms with Crippen LogP contribution in [0.25, 0.3) is 6.08 Å². The fourth-order valence-corrected chi connectivity index (χ4v) is 5.28. The molecule has 0 spiro atoms. The Morgan fingerprint density at radius 2 is 1.97 bits per heavy atom. The van der Waals surface area contributed by atoms with E-state index >= 15 is 0 Å². The predicted octanol–water partition coefficient (Wildman–Crippen LogP) is 5.16. The number of rotatable bonds is 8. The Bertz CT molecular complexity index is 1500. The van der Waals surface area contributed by atoms with Gasteiger partial charge in [0.25, 0.3) is 5.56 Å². The van der Waals surface area contributed by atoms with Gasteiger partial charge in [0.05, 0.1) is 39.6 Å². The van der Waals surface area contributed by atoms with E-state index < -0.39 is 23.4 Å². The minimum Gasteiger partial charge on any atom is -0.494 e. The summed E-state index contributed by atoms with van der Waals surface area (Å²) < 4.78 is 27.5. The summed E-state index contributed by atoms with van der Waals surface area (Å²) in [5, 5.41) is 0.193. The first-order valence-corrected chi connectivity index (χ1v) is 13.3. The number of unbranched alkanes of at least 4 members (excludes halogenated alkanes) is 1. The van der Waals surface area contributed by atoms with Gasteiger partial charge >= 0.3 is 5.97 Å². The molecule has 0 fully saturated rings. The van der Waals surface area contributed by atoms with Crippen molar-refractivity contribution in [3.05, 3.63) is 95.4 Å². The summed E-state index contributed by atoms with van der Waals surface area (Å²) in [6, 6.07) is 10.9. The van der Waals surface area contributed by atoms with Gasteiger partial charge < -0.3 is 9.47 Å². The SMILES string of the molecule is CCCCOc1ccc(C2C(C(=O)OC(C)C)=C(C)N=c3sc(=Cc4c(F)cccc4Cl)c(=O)n32)cc1. The van der Waals surface area contributed by atoms with Crippen LogP contribution in [0, 0.1) is 5.82 Å². The van der Waals surface area contributed by atoms with Gasteiger partial charge in [-0.3, -0.25) is 9.36 Å². The van der Waals surface area contributed by atoms with Crippen molar-refractivity contribution < 1.29 is 18.7 Å². The number of halogens is 2. The third-order valence-corrected chi connectivity index (χ3v) is 7.13. The van der Waals surface area contributed by atoms with Crippen LogP contribution >= 0.6 is 22.9 Å². The average Bonchev–Trinajstić information content (AvgIpc) is 3.15. The Morgan fingerprint density at radius 1 is 1.24 bits per heavy atom. The van der Waals surface area contributed by atoms with Gasteiger partial charge in [-0.2, -0.15) is 0 Å². The zero-order valence-electron chi connectivity index (χ0n) is 21.1. The molecule has 0 bridgehead atoms. The lowest BCUT2D eigenvalue weighted by atomic mass is 9.96. The highest BCUT2D eigenvalue weighted by molar-refractivity contribution is 7.07. The van der Waals surface area contributed by atoms with Crippen molar-refractivity contribution in [1.82, 2.24) is 4.57 Å². The third-order valence-electron chi connectivity index (χ3n) is 5.82. The molecule has 9 heteroatoms. The van der Waals surface area contributed by atoms with Crippen molar-refractivity contribution in [2.24, 2.45) is 4.99 Å². The first-order valence-electron chi connectivity index (χ1n) is 12.1. The molecule has 1 aliphatic heterocycles. The fraction of sp³-hybridized carbons (Fsp3) is 0.321. The number of hydrogen-bond donors (Lipinski definition) is 0. The summed E-state index contributed by atoms with van der Waals surface area (Å²) in [5.41, 5.74) is 1.14. The lowest BCUT2D eigenvalue weighted by Crippen LogP contribution is -2.40. The Labute approximate surface area is 223 Å². The highest BCUT2D eigenvalue weighted by Gasteiger charge is 2.33. The van der Waals surface area contributed by atoms with Crippen LogP contribution in [0.3, 0.4) is 0 Å². The number of thiazole rings is 1. The molecular formula is C28H28ClFN2O4S. The first kappa shape index (κ1) is 26.8. The molecule has 0 radical (unpaired) electrons. The maximum Gasteiger partial charge on any atom is 0.338 e. The first-order chi connectivity index (χ1) is 17.7. The zero-order chi connectivity index (χ0) is 26.7. The van der Waals surface area contributed by atoms with Gasteiger partial charge in [0.15, 0.2) is 4.80 Å². The highest BCUT2D eigenvalue weighted by Crippen LogP contribution is 2.32. The molecule has 4 rings (SSSR count). The second-order valence-electron chi connectivity index (χ2n) is 8.94. The topological polar surface area (TPSA) is 69.9 Å². The number of allylic oxidation sites excluding steroid dienone is 1. The molecule has 3 aromatic rings. The van der Waals surface area contributed by atoms with Crippen molar-refractivity contribution in [3.8, 4) is 5.75 Å². The van der Waals surface area contributed by atoms with Gasteiger partial charge in [-0.25, -0.2) is 14.2 Å². The maximum absolute atomic E-state index is 14.5. The number of nitrogens with zero attached hydrogens (tertiary/aromatic N) is 2. The summed E-state index contributed by atoms with van der Waals surface area (Å²) in [6.45, 7) is 7.94. The second-order valence-corrected chi connectivity index (χ2v) is 10.4. The Balaban J connectivity index is 1.87. The number of carbonyl (C=O) groups is 1. The summed E-state index contributed by atoms with van der Waals surface area (Å²) in [4.78, 5) is 31.8. The van der Waals surface area contributed by atoms with Gasteiger partial charge in [-0.1, -0.05) is 54.5 Å². The molecule has 2 heterocycles. The maximum atomic E-state index is 14.5. The standard InChI is InChI=1S/C28H28ClFN2O4S/c1-5-6-14-35-19-12-10-18(11-13-19)25-24(27(34)36-16(2)3)17(4)31-28-32(25)26(33)23(37-28)15-20-21(29)8-7-9-22(20)30/h7-13,15-16,25H,5-6,14H2,1-4H3. The molecule has 1 unspecified atom stereocenters. The van der Waals surface area contributed by atoms with Gasteiger partial charge in [0.1, 0.15) is 11.6 Å². The number of esters is 1. The van der Waals surface area contributed by atoms with Crippen LogP contribution in [0.5, 0.6) is 5.75 Å². The molecule has 0 amide bonds. The smallest absolute Gasteiger partial charge is 0.338 e. The molecule has 0 N–H and O–H groups in total. The molecule has 0 aliphatic carbocycles. The molecular weight excluding hydrogens is 515 g/mol. The minimum absolute atomic E-state index is 0.120. The molecule has 0 saturated carbocycles. The van der Waals surface area contributed by atoms with E-state index in [1.54, 1.807) is 26.8 Å². The van der Waals surface area contributed by atoms with Crippen LogP contribution in [0.15, 0.2) is 63.5 Å². The van der Waals surface area contributed by atoms with Crippen LogP contribution < -0.4 is 19.6 Å². The molecule has 1 aliphatic rings. The van der Waals surface area contributed by atoms with Crippen LogP contribution in [-0.2, 0) is 9.53 Å². The van der Waals surface area contributed by atoms with E-state index in [9.17, 15) is 14.0 Å². The summed E-state index contributed by atoms with van der Waals surface area (Å²) >= 11 is 7.31. The van der Waals surface area contributed by atoms with E-state index in [0.717, 1.165) is 24.2 Å². The number of hydrogen-bond acceptors (Lipinski definition) is 6. The molecule has 194 valence electrons. The molecule has 1 aromatic heterocycles. The summed E-state index contributed by atoms with van der Waals surface area (Å²) in [6.07, 6.45) is 3.04. The predicted molar refractivity (Wildman–Crippen MR) is 143 cm³/mol. The number of ether oxygens (including phenoxy) is 2. The molecule has 37 heavy (non-hydrogen) atoms. The van der Waals surface area contributed by atoms with Crippen molar-refractivity contribution in [1.29, 1.82) is 0 Å². The van der Waals surface area contributed by atoms with Crippen LogP contribution in [-0.4, -0.2) is 23.2 Å². The summed E-state index contributed by atoms with van der Waals surface area (Å²) in [7, 11) is 0. The molecule has 6 nitrogen and oxygen atoms in total. The van der Waals surface area contributed by atoms with Gasteiger partial charge in [0.2, 0.25) is 0 Å². The normalized spacial score (nSPS) is 15.5. The monoisotopic (exact) mass is 542 g/mol. The zero-order valence-corrected chi connectivity index (χ0v) is 22.7. The lowest BCUT2D eigenvalue weighted by molar-refractivity contribution is -0.143. The summed E-state index contributed by atoms with van der Waals surface area (Å²) in [5.74, 6) is -0.382. The number of aromatic nitrogens is 1. The van der Waals surface area contributed by atoms with Crippen molar-refractivity contribution >= 4 is 35.0 Å². The van der Waals surface area contributed by atoms with E-state index in [2.05, 4.69) is 11.9 Å². The molecule has 2 aromatic carbocycles. The minimum atomic E-state index is -0.773.